The van der Waals surface area contributed by atoms with Crippen LogP contribution < -0.4 is 10.2 Å². The lowest BCUT2D eigenvalue weighted by Gasteiger charge is -2.35. The van der Waals surface area contributed by atoms with Gasteiger partial charge in [-0.2, -0.15) is 0 Å². The van der Waals surface area contributed by atoms with Crippen molar-refractivity contribution in [3.05, 3.63) is 59.3 Å². The normalized spacial score (nSPS) is 15.3. The van der Waals surface area contributed by atoms with Crippen molar-refractivity contribution < 1.29 is 5.11 Å². The van der Waals surface area contributed by atoms with E-state index in [0.29, 0.717) is 11.8 Å². The number of hydrogen-bond acceptors (Lipinski definition) is 4. The fraction of sp³-hybridized carbons (Fsp3) is 0.348. The second-order valence-electron chi connectivity index (χ2n) is 7.72. The van der Waals surface area contributed by atoms with Crippen molar-refractivity contribution >= 4 is 22.3 Å². The summed E-state index contributed by atoms with van der Waals surface area (Å²) in [4.78, 5) is 6.70. The van der Waals surface area contributed by atoms with Crippen LogP contribution >= 0.6 is 0 Å². The van der Waals surface area contributed by atoms with Crippen LogP contribution in [-0.4, -0.2) is 29.2 Å². The highest BCUT2D eigenvalue weighted by molar-refractivity contribution is 5.85. The van der Waals surface area contributed by atoms with Gasteiger partial charge in [-0.1, -0.05) is 23.8 Å². The summed E-state index contributed by atoms with van der Waals surface area (Å²) < 4.78 is 0. The third kappa shape index (κ3) is 3.57. The van der Waals surface area contributed by atoms with E-state index < -0.39 is 0 Å². The Hall–Kier alpha value is -2.75. The Bertz CT molecular complexity index is 952. The van der Waals surface area contributed by atoms with E-state index in [-0.39, 0.29) is 0 Å². The lowest BCUT2D eigenvalue weighted by molar-refractivity contribution is 0.466. The Balaban J connectivity index is 1.47. The van der Waals surface area contributed by atoms with Crippen molar-refractivity contribution in [1.29, 1.82) is 0 Å². The van der Waals surface area contributed by atoms with Crippen molar-refractivity contribution in [2.75, 3.05) is 23.3 Å². The molecule has 0 spiro atoms. The summed E-state index contributed by atoms with van der Waals surface area (Å²) in [5.41, 5.74) is 7.03. The molecule has 2 N–H and O–H groups in total. The number of nitrogens with zero attached hydrogens (tertiary/aromatic N) is 2. The van der Waals surface area contributed by atoms with Crippen LogP contribution in [0.3, 0.4) is 0 Å². The highest BCUT2D eigenvalue weighted by atomic mass is 16.3. The molecular weight excluding hydrogens is 334 g/mol. The predicted octanol–water partition coefficient (Wildman–Crippen LogP) is 4.95. The highest BCUT2D eigenvalue weighted by Gasteiger charge is 2.22. The van der Waals surface area contributed by atoms with Crippen LogP contribution in [0.4, 0.5) is 11.4 Å². The molecule has 4 nitrogen and oxygen atoms in total. The Labute approximate surface area is 160 Å². The van der Waals surface area contributed by atoms with Crippen LogP contribution in [0.15, 0.2) is 42.6 Å². The summed E-state index contributed by atoms with van der Waals surface area (Å²) in [5.74, 6) is 0.340. The molecule has 1 aliphatic heterocycles. The molecule has 1 saturated heterocycles. The predicted molar refractivity (Wildman–Crippen MR) is 113 cm³/mol. The molecule has 0 saturated carbocycles. The van der Waals surface area contributed by atoms with Gasteiger partial charge in [0, 0.05) is 36.4 Å². The fourth-order valence-electron chi connectivity index (χ4n) is 4.23. The Morgan fingerprint density at radius 2 is 1.74 bits per heavy atom. The van der Waals surface area contributed by atoms with Crippen LogP contribution in [0.1, 0.15) is 29.5 Å². The summed E-state index contributed by atoms with van der Waals surface area (Å²) in [5, 5.41) is 15.2. The molecule has 0 atom stereocenters. The van der Waals surface area contributed by atoms with Gasteiger partial charge in [0.2, 0.25) is 0 Å². The monoisotopic (exact) mass is 361 g/mol. The molecule has 1 aliphatic rings. The molecule has 4 heteroatoms. The zero-order chi connectivity index (χ0) is 19.0. The third-order valence-electron chi connectivity index (χ3n) is 5.56. The van der Waals surface area contributed by atoms with Gasteiger partial charge in [0.15, 0.2) is 0 Å². The summed E-state index contributed by atoms with van der Waals surface area (Å²) in [6, 6.07) is 12.6. The molecule has 0 bridgehead atoms. The smallest absolute Gasteiger partial charge is 0.139 e. The zero-order valence-electron chi connectivity index (χ0n) is 16.3. The van der Waals surface area contributed by atoms with Crippen LogP contribution in [0, 0.1) is 20.8 Å². The Morgan fingerprint density at radius 3 is 2.44 bits per heavy atom. The molecule has 140 valence electrons. The maximum absolute atomic E-state index is 10.5. The summed E-state index contributed by atoms with van der Waals surface area (Å²) in [6.07, 6.45) is 3.89. The van der Waals surface area contributed by atoms with E-state index in [1.54, 1.807) is 6.20 Å². The van der Waals surface area contributed by atoms with Crippen LogP contribution in [0.25, 0.3) is 10.9 Å². The summed E-state index contributed by atoms with van der Waals surface area (Å²) >= 11 is 0. The molecule has 4 rings (SSSR count). The van der Waals surface area contributed by atoms with Gasteiger partial charge in [-0.25, -0.2) is 0 Å². The number of benzene rings is 2. The minimum absolute atomic E-state index is 0.340. The van der Waals surface area contributed by atoms with E-state index >= 15 is 0 Å². The second kappa shape index (κ2) is 7.10. The first-order valence-corrected chi connectivity index (χ1v) is 9.68. The van der Waals surface area contributed by atoms with Crippen LogP contribution in [0.2, 0.25) is 0 Å². The minimum atomic E-state index is 0.340. The lowest BCUT2D eigenvalue weighted by Crippen LogP contribution is -2.39. The fourth-order valence-corrected chi connectivity index (χ4v) is 4.23. The third-order valence-corrected chi connectivity index (χ3v) is 5.56. The molecule has 3 aromatic rings. The number of hydrogen-bond donors (Lipinski definition) is 2. The van der Waals surface area contributed by atoms with Gasteiger partial charge in [-0.3, -0.25) is 4.98 Å². The van der Waals surface area contributed by atoms with Gasteiger partial charge >= 0.3 is 0 Å². The van der Waals surface area contributed by atoms with E-state index in [2.05, 4.69) is 48.1 Å². The number of piperidine rings is 1. The lowest BCUT2D eigenvalue weighted by atomic mass is 10.00. The molecule has 0 unspecified atom stereocenters. The van der Waals surface area contributed by atoms with Crippen LogP contribution in [-0.2, 0) is 0 Å². The van der Waals surface area contributed by atoms with Crippen LogP contribution in [0.5, 0.6) is 5.75 Å². The number of fused-ring (bicyclic) bond motifs is 1. The van der Waals surface area contributed by atoms with Gasteiger partial charge in [0.05, 0.1) is 11.2 Å². The Kier molecular flexibility index (Phi) is 4.65. The number of aryl methyl sites for hydroxylation is 3. The number of anilines is 2. The maximum Gasteiger partial charge on any atom is 0.139 e. The van der Waals surface area contributed by atoms with Gasteiger partial charge in [0.25, 0.3) is 0 Å². The molecule has 1 fully saturated rings. The number of nitrogens with one attached hydrogen (secondary N) is 1. The molecule has 1 aromatic heterocycles. The van der Waals surface area contributed by atoms with Gasteiger partial charge in [-0.15, -0.1) is 0 Å². The molecule has 0 radical (unpaired) electrons. The summed E-state index contributed by atoms with van der Waals surface area (Å²) in [7, 11) is 0. The second-order valence-corrected chi connectivity index (χ2v) is 7.72. The first-order chi connectivity index (χ1) is 13.0. The molecule has 2 heterocycles. The highest BCUT2D eigenvalue weighted by Crippen LogP contribution is 2.34. The molecule has 27 heavy (non-hydrogen) atoms. The molecule has 2 aromatic carbocycles. The average Bonchev–Trinajstić information content (AvgIpc) is 2.65. The van der Waals surface area contributed by atoms with Crippen molar-refractivity contribution in [2.24, 2.45) is 0 Å². The topological polar surface area (TPSA) is 48.4 Å². The Morgan fingerprint density at radius 1 is 1.04 bits per heavy atom. The first kappa shape index (κ1) is 17.7. The SMILES string of the molecule is Cc1cc(C)c(NC2CCN(c3cc4ncccc4cc3O)CC2)c(C)c1. The van der Waals surface area contributed by atoms with Crippen molar-refractivity contribution in [3.8, 4) is 5.75 Å². The average molecular weight is 361 g/mol. The zero-order valence-corrected chi connectivity index (χ0v) is 16.3. The largest absolute Gasteiger partial charge is 0.506 e. The van der Waals surface area contributed by atoms with E-state index in [1.165, 1.54) is 22.4 Å². The van der Waals surface area contributed by atoms with Gasteiger partial charge in [-0.05, 0) is 62.9 Å². The number of pyridine rings is 1. The molecule has 0 amide bonds. The summed E-state index contributed by atoms with van der Waals surface area (Å²) in [6.45, 7) is 8.35. The quantitative estimate of drug-likeness (QED) is 0.693. The number of aromatic nitrogens is 1. The number of phenolic OH excluding ortho intramolecular Hbond substituents is 1. The number of aromatic hydroxyl groups is 1. The maximum atomic E-state index is 10.5. The van der Waals surface area contributed by atoms with Gasteiger partial charge in [0.1, 0.15) is 5.75 Å². The number of rotatable bonds is 3. The van der Waals surface area contributed by atoms with Crippen molar-refractivity contribution in [2.45, 2.75) is 39.7 Å². The number of phenols is 1. The van der Waals surface area contributed by atoms with Crippen molar-refractivity contribution in [3.63, 3.8) is 0 Å². The standard InChI is InChI=1S/C23H27N3O/c1-15-11-16(2)23(17(3)12-15)25-19-6-9-26(10-7-19)21-14-20-18(13-22(21)27)5-4-8-24-20/h4-5,8,11-14,19,25,27H,6-7,9-10H2,1-3H3. The van der Waals surface area contributed by atoms with E-state index in [0.717, 1.165) is 42.5 Å². The minimum Gasteiger partial charge on any atom is -0.506 e. The molecule has 0 aliphatic carbocycles. The van der Waals surface area contributed by atoms with E-state index in [4.69, 9.17) is 0 Å². The van der Waals surface area contributed by atoms with Crippen molar-refractivity contribution in [1.82, 2.24) is 4.98 Å². The molecular formula is C23H27N3O. The van der Waals surface area contributed by atoms with E-state index in [9.17, 15) is 5.11 Å². The van der Waals surface area contributed by atoms with E-state index in [1.807, 2.05) is 24.3 Å². The van der Waals surface area contributed by atoms with Gasteiger partial charge < -0.3 is 15.3 Å². The first-order valence-electron chi connectivity index (χ1n) is 9.68.